The average Bonchev–Trinajstić information content (AvgIpc) is 3.24. The fourth-order valence-electron chi connectivity index (χ4n) is 2.97. The van der Waals surface area contributed by atoms with Crippen LogP contribution in [0.4, 0.5) is 5.69 Å². The Balaban J connectivity index is 1.60. The van der Waals surface area contributed by atoms with Crippen molar-refractivity contribution in [1.82, 2.24) is 14.8 Å². The van der Waals surface area contributed by atoms with Crippen LogP contribution in [0.2, 0.25) is 10.0 Å². The third kappa shape index (κ3) is 5.24. The molecule has 0 atom stereocenters. The lowest BCUT2D eigenvalue weighted by atomic mass is 10.2. The quantitative estimate of drug-likeness (QED) is 0.326. The average molecular weight is 485 g/mol. The van der Waals surface area contributed by atoms with Crippen LogP contribution >= 0.6 is 35.0 Å². The predicted molar refractivity (Wildman–Crippen MR) is 129 cm³/mol. The molecule has 0 radical (unpaired) electrons. The number of carbonyl (C=O) groups is 1. The van der Waals surface area contributed by atoms with Crippen molar-refractivity contribution >= 4 is 46.6 Å². The maximum Gasteiger partial charge on any atom is 0.234 e. The lowest BCUT2D eigenvalue weighted by molar-refractivity contribution is -0.113. The molecule has 32 heavy (non-hydrogen) atoms. The zero-order valence-corrected chi connectivity index (χ0v) is 19.3. The van der Waals surface area contributed by atoms with Crippen molar-refractivity contribution in [3.63, 3.8) is 0 Å². The number of methoxy groups -OCH3 is 1. The minimum absolute atomic E-state index is 0.158. The summed E-state index contributed by atoms with van der Waals surface area (Å²) in [5, 5.41) is 13.4. The fourth-order valence-corrected chi connectivity index (χ4v) is 3.98. The summed E-state index contributed by atoms with van der Waals surface area (Å²) in [4.78, 5) is 12.5. The molecule has 4 rings (SSSR count). The maximum atomic E-state index is 12.5. The highest BCUT2D eigenvalue weighted by molar-refractivity contribution is 7.99. The molecule has 162 valence electrons. The summed E-state index contributed by atoms with van der Waals surface area (Å²) in [6.07, 6.45) is 0. The van der Waals surface area contributed by atoms with Crippen LogP contribution in [0.1, 0.15) is 0 Å². The van der Waals surface area contributed by atoms with E-state index in [0.29, 0.717) is 26.7 Å². The lowest BCUT2D eigenvalue weighted by Crippen LogP contribution is -2.14. The van der Waals surface area contributed by atoms with E-state index in [9.17, 15) is 4.79 Å². The SMILES string of the molecule is COc1ccc(-n2c(SCC(=O)Nc3ccc(Cl)cc3)nnc2-c2ccc(Cl)cc2)cc1. The van der Waals surface area contributed by atoms with Crippen molar-refractivity contribution in [3.8, 4) is 22.8 Å². The number of benzene rings is 3. The number of aromatic nitrogens is 3. The molecule has 9 heteroatoms. The van der Waals surface area contributed by atoms with Crippen LogP contribution in [-0.2, 0) is 4.79 Å². The standard InChI is InChI=1S/C23H18Cl2N4O2S/c1-31-20-12-10-19(11-13-20)29-22(15-2-4-16(24)5-3-15)27-28-23(29)32-14-21(30)26-18-8-6-17(25)7-9-18/h2-13H,14H2,1H3,(H,26,30). The number of nitrogens with zero attached hydrogens (tertiary/aromatic N) is 3. The highest BCUT2D eigenvalue weighted by Gasteiger charge is 2.17. The van der Waals surface area contributed by atoms with Crippen LogP contribution in [0.5, 0.6) is 5.75 Å². The van der Waals surface area contributed by atoms with Crippen molar-refractivity contribution < 1.29 is 9.53 Å². The van der Waals surface area contributed by atoms with Crippen molar-refractivity contribution in [1.29, 1.82) is 0 Å². The minimum Gasteiger partial charge on any atom is -0.497 e. The highest BCUT2D eigenvalue weighted by atomic mass is 35.5. The van der Waals surface area contributed by atoms with Crippen LogP contribution < -0.4 is 10.1 Å². The van der Waals surface area contributed by atoms with Crippen LogP contribution in [0.3, 0.4) is 0 Å². The largest absolute Gasteiger partial charge is 0.497 e. The molecule has 0 aliphatic rings. The predicted octanol–water partition coefficient (Wildman–Crippen LogP) is 5.98. The first kappa shape index (κ1) is 22.2. The van der Waals surface area contributed by atoms with E-state index in [0.717, 1.165) is 17.0 Å². The summed E-state index contributed by atoms with van der Waals surface area (Å²) in [6.45, 7) is 0. The topological polar surface area (TPSA) is 69.0 Å². The van der Waals surface area contributed by atoms with Crippen LogP contribution in [0.15, 0.2) is 78.0 Å². The summed E-state index contributed by atoms with van der Waals surface area (Å²) in [5.74, 6) is 1.39. The summed E-state index contributed by atoms with van der Waals surface area (Å²) >= 11 is 13.2. The van der Waals surface area contributed by atoms with Gasteiger partial charge in [0.25, 0.3) is 0 Å². The van der Waals surface area contributed by atoms with Crippen molar-refractivity contribution in [2.75, 3.05) is 18.2 Å². The number of ether oxygens (including phenoxy) is 1. The number of halogens is 2. The number of amides is 1. The second-order valence-corrected chi connectivity index (χ2v) is 8.51. The zero-order chi connectivity index (χ0) is 22.5. The first-order chi connectivity index (χ1) is 15.5. The zero-order valence-electron chi connectivity index (χ0n) is 17.0. The Morgan fingerprint density at radius 3 is 2.19 bits per heavy atom. The van der Waals surface area contributed by atoms with Crippen molar-refractivity contribution in [2.45, 2.75) is 5.16 Å². The molecule has 1 aromatic heterocycles. The van der Waals surface area contributed by atoms with E-state index in [-0.39, 0.29) is 11.7 Å². The summed E-state index contributed by atoms with van der Waals surface area (Å²) in [6, 6.07) is 21.9. The Hall–Kier alpha value is -3.00. The maximum absolute atomic E-state index is 12.5. The van der Waals surface area contributed by atoms with Gasteiger partial charge in [-0.2, -0.15) is 0 Å². The smallest absolute Gasteiger partial charge is 0.234 e. The van der Waals surface area contributed by atoms with Gasteiger partial charge in [-0.1, -0.05) is 35.0 Å². The van der Waals surface area contributed by atoms with Gasteiger partial charge in [-0.15, -0.1) is 10.2 Å². The normalized spacial score (nSPS) is 10.7. The van der Waals surface area contributed by atoms with E-state index in [1.807, 2.05) is 41.0 Å². The first-order valence-electron chi connectivity index (χ1n) is 9.57. The van der Waals surface area contributed by atoms with E-state index >= 15 is 0 Å². The number of thioether (sulfide) groups is 1. The molecular formula is C23H18Cl2N4O2S. The van der Waals surface area contributed by atoms with Gasteiger partial charge >= 0.3 is 0 Å². The molecule has 6 nitrogen and oxygen atoms in total. The van der Waals surface area contributed by atoms with Crippen LogP contribution in [-0.4, -0.2) is 33.5 Å². The molecule has 1 heterocycles. The molecule has 0 fully saturated rings. The van der Waals surface area contributed by atoms with E-state index in [2.05, 4.69) is 15.5 Å². The first-order valence-corrected chi connectivity index (χ1v) is 11.3. The minimum atomic E-state index is -0.158. The number of anilines is 1. The van der Waals surface area contributed by atoms with Crippen molar-refractivity contribution in [2.24, 2.45) is 0 Å². The van der Waals surface area contributed by atoms with Gasteiger partial charge in [0.1, 0.15) is 5.75 Å². The molecule has 0 unspecified atom stereocenters. The molecule has 0 spiro atoms. The van der Waals surface area contributed by atoms with Crippen LogP contribution in [0, 0.1) is 0 Å². The van der Waals surface area contributed by atoms with Gasteiger partial charge in [-0.3, -0.25) is 9.36 Å². The van der Waals surface area contributed by atoms with E-state index in [4.69, 9.17) is 27.9 Å². The molecule has 0 aliphatic heterocycles. The molecule has 1 amide bonds. The molecule has 0 saturated carbocycles. The molecule has 0 aliphatic carbocycles. The van der Waals surface area contributed by atoms with E-state index in [1.54, 1.807) is 43.5 Å². The van der Waals surface area contributed by atoms with Gasteiger partial charge in [0.2, 0.25) is 5.91 Å². The molecule has 4 aromatic rings. The summed E-state index contributed by atoms with van der Waals surface area (Å²) < 4.78 is 7.17. The molecular weight excluding hydrogens is 467 g/mol. The third-order valence-electron chi connectivity index (χ3n) is 4.53. The Kier molecular flexibility index (Phi) is 6.99. The van der Waals surface area contributed by atoms with E-state index in [1.165, 1.54) is 11.8 Å². The Labute approximate surface area is 199 Å². The molecule has 0 bridgehead atoms. The number of hydrogen-bond acceptors (Lipinski definition) is 5. The summed E-state index contributed by atoms with van der Waals surface area (Å²) in [7, 11) is 1.62. The van der Waals surface area contributed by atoms with Gasteiger partial charge in [0, 0.05) is 27.0 Å². The third-order valence-corrected chi connectivity index (χ3v) is 5.96. The monoisotopic (exact) mass is 484 g/mol. The van der Waals surface area contributed by atoms with Gasteiger partial charge in [0.15, 0.2) is 11.0 Å². The van der Waals surface area contributed by atoms with Gasteiger partial charge in [-0.25, -0.2) is 0 Å². The number of nitrogens with one attached hydrogen (secondary N) is 1. The van der Waals surface area contributed by atoms with E-state index < -0.39 is 0 Å². The number of hydrogen-bond donors (Lipinski definition) is 1. The molecule has 0 saturated heterocycles. The number of carbonyl (C=O) groups excluding carboxylic acids is 1. The Morgan fingerprint density at radius 1 is 0.938 bits per heavy atom. The van der Waals surface area contributed by atoms with Gasteiger partial charge in [-0.05, 0) is 72.8 Å². The highest BCUT2D eigenvalue weighted by Crippen LogP contribution is 2.29. The van der Waals surface area contributed by atoms with Gasteiger partial charge < -0.3 is 10.1 Å². The molecule has 3 aromatic carbocycles. The fraction of sp³-hybridized carbons (Fsp3) is 0.0870. The van der Waals surface area contributed by atoms with Gasteiger partial charge in [0.05, 0.1) is 12.9 Å². The Bertz CT molecular complexity index is 1210. The second kappa shape index (κ2) is 10.1. The van der Waals surface area contributed by atoms with Crippen LogP contribution in [0.25, 0.3) is 17.1 Å². The number of rotatable bonds is 7. The summed E-state index contributed by atoms with van der Waals surface area (Å²) in [5.41, 5.74) is 2.38. The lowest BCUT2D eigenvalue weighted by Gasteiger charge is -2.11. The van der Waals surface area contributed by atoms with Crippen molar-refractivity contribution in [3.05, 3.63) is 82.8 Å². The second-order valence-electron chi connectivity index (χ2n) is 6.69. The Morgan fingerprint density at radius 2 is 1.56 bits per heavy atom. The molecule has 1 N–H and O–H groups in total.